The van der Waals surface area contributed by atoms with Gasteiger partial charge in [0.2, 0.25) is 0 Å². The standard InChI is InChI=1S/C42H80NO7P/c1-6-8-10-12-14-16-18-20-21-22-24-26-28-30-32-34-37-47-41(40-50-51(45,46)49-38-36-43(3,4)5)39-48-42(44)35-33-31-29-27-25-23-19-17-15-13-11-9-7-2/h17,19-21,34,37,41H,6-16,18,22-33,35-36,38-40H2,1-5H3/b19-17-,21-20-,37-34-. The van der Waals surface area contributed by atoms with Gasteiger partial charge in [-0.25, -0.2) is 0 Å². The Hall–Kier alpha value is -1.44. The summed E-state index contributed by atoms with van der Waals surface area (Å²) in [5.74, 6) is -0.305. The zero-order chi connectivity index (χ0) is 37.7. The number of quaternary nitrogens is 1. The van der Waals surface area contributed by atoms with Gasteiger partial charge >= 0.3 is 5.97 Å². The molecule has 0 spiro atoms. The van der Waals surface area contributed by atoms with Crippen LogP contribution in [-0.2, 0) is 27.9 Å². The fraction of sp³-hybridized carbons (Fsp3) is 0.833. The van der Waals surface area contributed by atoms with Gasteiger partial charge in [0.25, 0.3) is 7.82 Å². The quantitative estimate of drug-likeness (QED) is 0.0155. The third kappa shape index (κ3) is 39.6. The molecule has 0 N–H and O–H groups in total. The number of rotatable bonds is 38. The molecule has 2 unspecified atom stereocenters. The van der Waals surface area contributed by atoms with Crippen molar-refractivity contribution < 1.29 is 37.3 Å². The van der Waals surface area contributed by atoms with Gasteiger partial charge < -0.3 is 27.9 Å². The van der Waals surface area contributed by atoms with E-state index < -0.39 is 13.9 Å². The van der Waals surface area contributed by atoms with Crippen molar-refractivity contribution in [2.45, 2.75) is 180 Å². The first-order valence-corrected chi connectivity index (χ1v) is 22.2. The first-order chi connectivity index (χ1) is 24.6. The fourth-order valence-electron chi connectivity index (χ4n) is 5.40. The molecular weight excluding hydrogens is 661 g/mol. The maximum absolute atomic E-state index is 12.4. The highest BCUT2D eigenvalue weighted by molar-refractivity contribution is 7.45. The molecule has 300 valence electrons. The van der Waals surface area contributed by atoms with E-state index in [0.29, 0.717) is 17.4 Å². The van der Waals surface area contributed by atoms with Gasteiger partial charge in [0.05, 0.1) is 34.0 Å². The maximum Gasteiger partial charge on any atom is 0.305 e. The molecule has 0 rings (SSSR count). The molecule has 0 heterocycles. The van der Waals surface area contributed by atoms with E-state index in [2.05, 4.69) is 38.2 Å². The van der Waals surface area contributed by atoms with Crippen molar-refractivity contribution in [1.29, 1.82) is 0 Å². The van der Waals surface area contributed by atoms with Crippen LogP contribution in [0.15, 0.2) is 36.6 Å². The molecule has 0 radical (unpaired) electrons. The number of carbonyl (C=O) groups excluding carboxylic acids is 1. The Bertz CT molecular complexity index is 915. The molecule has 0 aromatic carbocycles. The summed E-state index contributed by atoms with van der Waals surface area (Å²) in [6.45, 7) is 4.66. The Morgan fingerprint density at radius 1 is 0.608 bits per heavy atom. The summed E-state index contributed by atoms with van der Waals surface area (Å²) < 4.78 is 34.3. The molecule has 0 fully saturated rings. The zero-order valence-electron chi connectivity index (χ0n) is 33.8. The third-order valence-electron chi connectivity index (χ3n) is 8.75. The zero-order valence-corrected chi connectivity index (χ0v) is 34.7. The molecule has 0 amide bonds. The summed E-state index contributed by atoms with van der Waals surface area (Å²) in [5.41, 5.74) is 0. The Labute approximate surface area is 315 Å². The van der Waals surface area contributed by atoms with Crippen LogP contribution in [0.1, 0.15) is 174 Å². The average molecular weight is 742 g/mol. The van der Waals surface area contributed by atoms with E-state index in [-0.39, 0.29) is 25.8 Å². The number of likely N-dealkylation sites (N-methyl/N-ethyl adjacent to an activating group) is 1. The van der Waals surface area contributed by atoms with Gasteiger partial charge in [0.15, 0.2) is 6.10 Å². The van der Waals surface area contributed by atoms with Crippen molar-refractivity contribution in [1.82, 2.24) is 0 Å². The number of nitrogens with zero attached hydrogens (tertiary/aromatic N) is 1. The largest absolute Gasteiger partial charge is 0.756 e. The van der Waals surface area contributed by atoms with Gasteiger partial charge in [0.1, 0.15) is 19.8 Å². The second kappa shape index (κ2) is 35.6. The normalized spacial score (nSPS) is 14.2. The molecule has 0 aliphatic rings. The van der Waals surface area contributed by atoms with Crippen molar-refractivity contribution in [3.05, 3.63) is 36.6 Å². The van der Waals surface area contributed by atoms with Crippen LogP contribution in [0, 0.1) is 0 Å². The molecule has 8 nitrogen and oxygen atoms in total. The topological polar surface area (TPSA) is 94.1 Å². The van der Waals surface area contributed by atoms with E-state index in [9.17, 15) is 14.3 Å². The van der Waals surface area contributed by atoms with Crippen molar-refractivity contribution in [2.75, 3.05) is 47.5 Å². The SMILES string of the molecule is CCCCCC/C=C\CCCCCCCC(=O)OCC(COP(=O)([O-])OCC[N+](C)(C)C)O/C=C\CCCCCC/C=C\CCCCCCCC. The van der Waals surface area contributed by atoms with Gasteiger partial charge in [-0.1, -0.05) is 122 Å². The lowest BCUT2D eigenvalue weighted by Gasteiger charge is -2.28. The van der Waals surface area contributed by atoms with Crippen LogP contribution in [0.5, 0.6) is 0 Å². The minimum absolute atomic E-state index is 0.0238. The van der Waals surface area contributed by atoms with Crippen LogP contribution in [0.3, 0.4) is 0 Å². The van der Waals surface area contributed by atoms with Gasteiger partial charge in [-0.15, -0.1) is 0 Å². The molecule has 0 saturated heterocycles. The summed E-state index contributed by atoms with van der Waals surface area (Å²) in [6, 6.07) is 0. The van der Waals surface area contributed by atoms with Crippen molar-refractivity contribution in [2.24, 2.45) is 0 Å². The fourth-order valence-corrected chi connectivity index (χ4v) is 6.13. The maximum atomic E-state index is 12.4. The van der Waals surface area contributed by atoms with E-state index in [1.807, 2.05) is 27.2 Å². The summed E-state index contributed by atoms with van der Waals surface area (Å²) in [6.07, 6.45) is 41.1. The molecule has 0 aliphatic heterocycles. The van der Waals surface area contributed by atoms with E-state index in [1.165, 1.54) is 96.3 Å². The number of allylic oxidation sites excluding steroid dienone is 5. The Kier molecular flexibility index (Phi) is 34.6. The Morgan fingerprint density at radius 2 is 1.04 bits per heavy atom. The van der Waals surface area contributed by atoms with Crippen LogP contribution in [0.4, 0.5) is 0 Å². The van der Waals surface area contributed by atoms with Crippen LogP contribution in [0.25, 0.3) is 0 Å². The van der Waals surface area contributed by atoms with Gasteiger partial charge in [-0.3, -0.25) is 9.36 Å². The minimum atomic E-state index is -4.51. The molecule has 51 heavy (non-hydrogen) atoms. The lowest BCUT2D eigenvalue weighted by Crippen LogP contribution is -2.37. The number of unbranched alkanes of at least 4 members (excludes halogenated alkanes) is 20. The number of hydrogen-bond acceptors (Lipinski definition) is 7. The van der Waals surface area contributed by atoms with E-state index >= 15 is 0 Å². The van der Waals surface area contributed by atoms with Crippen LogP contribution >= 0.6 is 7.82 Å². The number of ether oxygens (including phenoxy) is 2. The number of esters is 1. The van der Waals surface area contributed by atoms with Crippen molar-refractivity contribution in [3.63, 3.8) is 0 Å². The number of hydrogen-bond donors (Lipinski definition) is 0. The predicted molar refractivity (Wildman–Crippen MR) is 212 cm³/mol. The molecule has 0 saturated carbocycles. The van der Waals surface area contributed by atoms with E-state index in [0.717, 1.165) is 57.8 Å². The van der Waals surface area contributed by atoms with Crippen LogP contribution in [-0.4, -0.2) is 64.1 Å². The highest BCUT2D eigenvalue weighted by Crippen LogP contribution is 2.38. The van der Waals surface area contributed by atoms with Crippen LogP contribution < -0.4 is 4.89 Å². The van der Waals surface area contributed by atoms with Crippen molar-refractivity contribution in [3.8, 4) is 0 Å². The number of phosphoric ester groups is 1. The molecular formula is C42H80NO7P. The molecule has 0 bridgehead atoms. The van der Waals surface area contributed by atoms with E-state index in [1.54, 1.807) is 6.26 Å². The highest BCUT2D eigenvalue weighted by Gasteiger charge is 2.19. The van der Waals surface area contributed by atoms with Gasteiger partial charge in [-0.2, -0.15) is 0 Å². The molecule has 0 aromatic rings. The summed E-state index contributed by atoms with van der Waals surface area (Å²) in [7, 11) is 1.35. The second-order valence-corrected chi connectivity index (χ2v) is 16.5. The van der Waals surface area contributed by atoms with Gasteiger partial charge in [-0.05, 0) is 76.7 Å². The summed E-state index contributed by atoms with van der Waals surface area (Å²) in [5, 5.41) is 0. The van der Waals surface area contributed by atoms with E-state index in [4.69, 9.17) is 18.5 Å². The molecule has 0 aliphatic carbocycles. The minimum Gasteiger partial charge on any atom is -0.756 e. The van der Waals surface area contributed by atoms with Crippen LogP contribution in [0.2, 0.25) is 0 Å². The summed E-state index contributed by atoms with van der Waals surface area (Å²) in [4.78, 5) is 24.8. The number of carbonyl (C=O) groups is 1. The first-order valence-electron chi connectivity index (χ1n) is 20.8. The van der Waals surface area contributed by atoms with Crippen molar-refractivity contribution >= 4 is 13.8 Å². The molecule has 0 aromatic heterocycles. The number of phosphoric acid groups is 1. The molecule has 9 heteroatoms. The first kappa shape index (κ1) is 49.6. The third-order valence-corrected chi connectivity index (χ3v) is 9.72. The lowest BCUT2D eigenvalue weighted by molar-refractivity contribution is -0.870. The smallest absolute Gasteiger partial charge is 0.305 e. The molecule has 2 atom stereocenters. The monoisotopic (exact) mass is 742 g/mol. The highest BCUT2D eigenvalue weighted by atomic mass is 31.2. The predicted octanol–water partition coefficient (Wildman–Crippen LogP) is 11.5. The Morgan fingerprint density at radius 3 is 1.53 bits per heavy atom. The van der Waals surface area contributed by atoms with Gasteiger partial charge in [0, 0.05) is 6.42 Å². The second-order valence-electron chi connectivity index (χ2n) is 15.0. The average Bonchev–Trinajstić information content (AvgIpc) is 3.08. The Balaban J connectivity index is 4.35. The summed E-state index contributed by atoms with van der Waals surface area (Å²) >= 11 is 0. The lowest BCUT2D eigenvalue weighted by atomic mass is 10.1.